The van der Waals surface area contributed by atoms with Crippen molar-refractivity contribution in [1.29, 1.82) is 0 Å². The van der Waals surface area contributed by atoms with E-state index in [4.69, 9.17) is 0 Å². The number of carbonyl (C=O) groups excluding carboxylic acids is 1. The third kappa shape index (κ3) is 4.71. The Morgan fingerprint density at radius 3 is 2.43 bits per heavy atom. The minimum atomic E-state index is -4.51. The first-order valence-corrected chi connectivity index (χ1v) is 8.67. The number of alkyl halides is 3. The van der Waals surface area contributed by atoms with Crippen molar-refractivity contribution < 1.29 is 27.9 Å². The molecule has 0 saturated carbocycles. The summed E-state index contributed by atoms with van der Waals surface area (Å²) in [6.45, 7) is 6.77. The zero-order valence-electron chi connectivity index (χ0n) is 16.0. The van der Waals surface area contributed by atoms with Crippen molar-refractivity contribution in [3.8, 4) is 5.69 Å². The molecular weight excluding hydrogens is 375 g/mol. The Morgan fingerprint density at radius 2 is 1.89 bits per heavy atom. The van der Waals surface area contributed by atoms with Crippen LogP contribution in [-0.4, -0.2) is 26.8 Å². The molecule has 6 nitrogen and oxygen atoms in total. The number of hydrogen-bond donors (Lipinski definition) is 2. The molecule has 0 saturated heterocycles. The molecule has 0 fully saturated rings. The van der Waals surface area contributed by atoms with E-state index in [-0.39, 0.29) is 23.6 Å². The molecule has 2 rings (SSSR count). The number of carboxylic acid groups (broad SMARTS) is 1. The zero-order valence-corrected chi connectivity index (χ0v) is 16.0. The fourth-order valence-electron chi connectivity index (χ4n) is 2.99. The number of aliphatic carboxylic acids is 1. The Hall–Kier alpha value is -2.84. The van der Waals surface area contributed by atoms with E-state index in [0.717, 1.165) is 12.1 Å². The first-order chi connectivity index (χ1) is 12.9. The van der Waals surface area contributed by atoms with Crippen LogP contribution in [0.2, 0.25) is 0 Å². The molecule has 0 spiro atoms. The summed E-state index contributed by atoms with van der Waals surface area (Å²) in [5.74, 6) is -1.65. The van der Waals surface area contributed by atoms with Crippen molar-refractivity contribution >= 4 is 11.9 Å². The van der Waals surface area contributed by atoms with Gasteiger partial charge >= 0.3 is 12.1 Å². The molecule has 2 aromatic rings. The summed E-state index contributed by atoms with van der Waals surface area (Å²) >= 11 is 0. The van der Waals surface area contributed by atoms with Gasteiger partial charge in [0.1, 0.15) is 0 Å². The van der Waals surface area contributed by atoms with Gasteiger partial charge in [-0.3, -0.25) is 4.79 Å². The van der Waals surface area contributed by atoms with Crippen molar-refractivity contribution in [2.75, 3.05) is 0 Å². The molecule has 0 aliphatic carbocycles. The summed E-state index contributed by atoms with van der Waals surface area (Å²) in [5.41, 5.74) is 0.224. The van der Waals surface area contributed by atoms with E-state index in [1.54, 1.807) is 13.8 Å². The average Bonchev–Trinajstić information content (AvgIpc) is 2.86. The number of halogens is 3. The van der Waals surface area contributed by atoms with Crippen molar-refractivity contribution in [2.24, 2.45) is 5.92 Å². The number of aryl methyl sites for hydroxylation is 1. The lowest BCUT2D eigenvalue weighted by Crippen LogP contribution is -2.35. The predicted molar refractivity (Wildman–Crippen MR) is 96.0 cm³/mol. The topological polar surface area (TPSA) is 84.2 Å². The lowest BCUT2D eigenvalue weighted by molar-refractivity contribution is -0.142. The number of hydrogen-bond acceptors (Lipinski definition) is 3. The molecule has 1 heterocycles. The fraction of sp³-hybridized carbons (Fsp3) is 0.421. The van der Waals surface area contributed by atoms with Gasteiger partial charge in [0.15, 0.2) is 6.04 Å². The Morgan fingerprint density at radius 1 is 1.25 bits per heavy atom. The molecule has 9 heteroatoms. The highest BCUT2D eigenvalue weighted by atomic mass is 19.4. The third-order valence-electron chi connectivity index (χ3n) is 4.20. The highest BCUT2D eigenvalue weighted by molar-refractivity contribution is 5.85. The Labute approximate surface area is 160 Å². The Bertz CT molecular complexity index is 888. The highest BCUT2D eigenvalue weighted by Crippen LogP contribution is 2.31. The molecular formula is C19H22F3N3O3. The maximum atomic E-state index is 13.0. The summed E-state index contributed by atoms with van der Waals surface area (Å²) in [7, 11) is 0. The molecule has 0 bridgehead atoms. The van der Waals surface area contributed by atoms with Gasteiger partial charge in [0.05, 0.1) is 16.9 Å². The Balaban J connectivity index is 2.47. The standard InChI is InChI=1S/C19H22F3N3O3/c1-10(2)8-15(26)23-17(18(27)28)16-11(3)24-25(12(16)4)14-7-5-6-13(9-14)19(20,21)22/h5-7,9-10,17H,8H2,1-4H3,(H,23,26)(H,27,28). The maximum absolute atomic E-state index is 13.0. The number of carboxylic acids is 1. The van der Waals surface area contributed by atoms with E-state index in [9.17, 15) is 27.9 Å². The number of nitrogens with one attached hydrogen (secondary N) is 1. The first-order valence-electron chi connectivity index (χ1n) is 8.67. The van der Waals surface area contributed by atoms with Crippen molar-refractivity contribution in [2.45, 2.75) is 46.3 Å². The number of carbonyl (C=O) groups is 2. The van der Waals surface area contributed by atoms with E-state index in [1.807, 2.05) is 13.8 Å². The molecule has 1 unspecified atom stereocenters. The van der Waals surface area contributed by atoms with E-state index < -0.39 is 29.7 Å². The van der Waals surface area contributed by atoms with Gasteiger partial charge < -0.3 is 10.4 Å². The summed E-state index contributed by atoms with van der Waals surface area (Å²) in [6, 6.07) is 3.25. The number of amides is 1. The minimum Gasteiger partial charge on any atom is -0.479 e. The largest absolute Gasteiger partial charge is 0.479 e. The first kappa shape index (κ1) is 21.5. The van der Waals surface area contributed by atoms with Crippen molar-refractivity contribution in [3.63, 3.8) is 0 Å². The number of nitrogens with zero attached hydrogens (tertiary/aromatic N) is 2. The summed E-state index contributed by atoms with van der Waals surface area (Å²) in [5, 5.41) is 16.3. The van der Waals surface area contributed by atoms with Crippen LogP contribution in [0.5, 0.6) is 0 Å². The van der Waals surface area contributed by atoms with Gasteiger partial charge in [-0.1, -0.05) is 19.9 Å². The molecule has 1 atom stereocenters. The van der Waals surface area contributed by atoms with E-state index in [2.05, 4.69) is 10.4 Å². The number of aromatic nitrogens is 2. The molecule has 152 valence electrons. The van der Waals surface area contributed by atoms with Crippen LogP contribution in [0.25, 0.3) is 5.69 Å². The van der Waals surface area contributed by atoms with Crippen LogP contribution in [-0.2, 0) is 15.8 Å². The molecule has 2 N–H and O–H groups in total. The second kappa shape index (κ2) is 8.04. The van der Waals surface area contributed by atoms with Crippen LogP contribution >= 0.6 is 0 Å². The van der Waals surface area contributed by atoms with Gasteiger partial charge in [-0.05, 0) is 38.0 Å². The third-order valence-corrected chi connectivity index (χ3v) is 4.20. The van der Waals surface area contributed by atoms with Crippen LogP contribution in [0.15, 0.2) is 24.3 Å². The second-order valence-electron chi connectivity index (χ2n) is 6.98. The van der Waals surface area contributed by atoms with Gasteiger partial charge in [-0.25, -0.2) is 9.48 Å². The van der Waals surface area contributed by atoms with Crippen LogP contribution in [0.3, 0.4) is 0 Å². The van der Waals surface area contributed by atoms with Gasteiger partial charge in [0.2, 0.25) is 5.91 Å². The summed E-state index contributed by atoms with van der Waals surface area (Å²) in [4.78, 5) is 23.8. The zero-order chi connectivity index (χ0) is 21.2. The molecule has 0 aliphatic rings. The van der Waals surface area contributed by atoms with E-state index >= 15 is 0 Å². The monoisotopic (exact) mass is 397 g/mol. The molecule has 1 aromatic heterocycles. The minimum absolute atomic E-state index is 0.0458. The van der Waals surface area contributed by atoms with Gasteiger partial charge in [0, 0.05) is 17.7 Å². The maximum Gasteiger partial charge on any atom is 0.416 e. The lowest BCUT2D eigenvalue weighted by atomic mass is 10.0. The molecule has 1 aromatic carbocycles. The van der Waals surface area contributed by atoms with Gasteiger partial charge in [0.25, 0.3) is 0 Å². The predicted octanol–water partition coefficient (Wildman–Crippen LogP) is 3.80. The fourth-order valence-corrected chi connectivity index (χ4v) is 2.99. The van der Waals surface area contributed by atoms with Crippen LogP contribution < -0.4 is 5.32 Å². The number of rotatable bonds is 6. The van der Waals surface area contributed by atoms with Crippen molar-refractivity contribution in [3.05, 3.63) is 46.8 Å². The van der Waals surface area contributed by atoms with Crippen LogP contribution in [0.4, 0.5) is 13.2 Å². The van der Waals surface area contributed by atoms with Crippen LogP contribution in [0, 0.1) is 19.8 Å². The normalized spacial score (nSPS) is 12.9. The second-order valence-corrected chi connectivity index (χ2v) is 6.98. The quantitative estimate of drug-likeness (QED) is 0.777. The van der Waals surface area contributed by atoms with E-state index in [1.165, 1.54) is 16.8 Å². The Kier molecular flexibility index (Phi) is 6.16. The van der Waals surface area contributed by atoms with Crippen molar-refractivity contribution in [1.82, 2.24) is 15.1 Å². The smallest absolute Gasteiger partial charge is 0.416 e. The summed E-state index contributed by atoms with van der Waals surface area (Å²) < 4.78 is 40.2. The SMILES string of the molecule is Cc1nn(-c2cccc(C(F)(F)F)c2)c(C)c1C(NC(=O)CC(C)C)C(=O)O. The molecule has 0 radical (unpaired) electrons. The molecule has 28 heavy (non-hydrogen) atoms. The molecule has 0 aliphatic heterocycles. The average molecular weight is 397 g/mol. The number of benzene rings is 1. The highest BCUT2D eigenvalue weighted by Gasteiger charge is 2.32. The lowest BCUT2D eigenvalue weighted by Gasteiger charge is -2.16. The van der Waals surface area contributed by atoms with Gasteiger partial charge in [-0.2, -0.15) is 18.3 Å². The van der Waals surface area contributed by atoms with Gasteiger partial charge in [-0.15, -0.1) is 0 Å². The van der Waals surface area contributed by atoms with E-state index in [0.29, 0.717) is 11.4 Å². The summed E-state index contributed by atoms with van der Waals surface area (Å²) in [6.07, 6.45) is -4.35. The molecule has 1 amide bonds. The van der Waals surface area contributed by atoms with Crippen LogP contribution in [0.1, 0.15) is 48.8 Å².